The fraction of sp³-hybridized carbons (Fsp3) is 0.0741. The van der Waals surface area contributed by atoms with E-state index in [0.717, 1.165) is 16.8 Å². The van der Waals surface area contributed by atoms with Crippen molar-refractivity contribution in [3.05, 3.63) is 114 Å². The Morgan fingerprint density at radius 2 is 1.56 bits per heavy atom. The fourth-order valence-electron chi connectivity index (χ4n) is 3.43. The van der Waals surface area contributed by atoms with Crippen molar-refractivity contribution in [1.82, 2.24) is 15.1 Å². The van der Waals surface area contributed by atoms with Crippen molar-refractivity contribution in [2.75, 3.05) is 0 Å². The smallest absolute Gasteiger partial charge is 0.262 e. The summed E-state index contributed by atoms with van der Waals surface area (Å²) in [4.78, 5) is 12.9. The van der Waals surface area contributed by atoms with Gasteiger partial charge in [-0.3, -0.25) is 4.79 Å². The van der Waals surface area contributed by atoms with Crippen molar-refractivity contribution in [3.8, 4) is 23.0 Å². The van der Waals surface area contributed by atoms with Crippen LogP contribution in [0.4, 0.5) is 0 Å². The monoisotopic (exact) mass is 418 g/mol. The summed E-state index contributed by atoms with van der Waals surface area (Å²) in [7, 11) is 0. The molecule has 3 aromatic carbocycles. The van der Waals surface area contributed by atoms with Gasteiger partial charge in [-0.2, -0.15) is 10.4 Å². The van der Waals surface area contributed by atoms with Gasteiger partial charge in [-0.05, 0) is 30.7 Å². The molecular formula is C27H22N4O. The van der Waals surface area contributed by atoms with Crippen LogP contribution in [0.15, 0.2) is 103 Å². The lowest BCUT2D eigenvalue weighted by molar-refractivity contribution is -0.117. The summed E-state index contributed by atoms with van der Waals surface area (Å²) in [5.74, 6) is -0.421. The highest BCUT2D eigenvalue weighted by Gasteiger charge is 2.17. The molecule has 0 fully saturated rings. The normalized spacial score (nSPS) is 12.1. The van der Waals surface area contributed by atoms with Crippen LogP contribution >= 0.6 is 0 Å². The van der Waals surface area contributed by atoms with E-state index in [4.69, 9.17) is 5.10 Å². The lowest BCUT2D eigenvalue weighted by atomic mass is 10.1. The number of aromatic nitrogens is 2. The van der Waals surface area contributed by atoms with Crippen molar-refractivity contribution < 1.29 is 4.79 Å². The molecule has 156 valence electrons. The van der Waals surface area contributed by atoms with Crippen LogP contribution in [0.3, 0.4) is 0 Å². The second-order valence-corrected chi connectivity index (χ2v) is 7.35. The minimum absolute atomic E-state index is 0.0255. The first kappa shape index (κ1) is 20.8. The predicted molar refractivity (Wildman–Crippen MR) is 126 cm³/mol. The molecule has 0 aliphatic heterocycles. The highest BCUT2D eigenvalue weighted by Crippen LogP contribution is 2.26. The number of benzene rings is 3. The SMILES string of the molecule is CC(NC(=O)C(C#N)=Cc1cn(-c2ccccc2)nc1-c1ccccc1)c1ccccc1. The van der Waals surface area contributed by atoms with Gasteiger partial charge in [-0.1, -0.05) is 78.9 Å². The first-order chi connectivity index (χ1) is 15.7. The number of nitrogens with zero attached hydrogens (tertiary/aromatic N) is 3. The molecule has 1 aromatic heterocycles. The molecule has 1 N–H and O–H groups in total. The molecule has 0 saturated carbocycles. The Hall–Kier alpha value is -4.43. The van der Waals surface area contributed by atoms with Gasteiger partial charge in [-0.15, -0.1) is 0 Å². The zero-order chi connectivity index (χ0) is 22.3. The molecule has 0 aliphatic carbocycles. The van der Waals surface area contributed by atoms with E-state index in [1.165, 1.54) is 0 Å². The van der Waals surface area contributed by atoms with E-state index in [1.54, 1.807) is 10.8 Å². The van der Waals surface area contributed by atoms with E-state index in [0.29, 0.717) is 11.3 Å². The molecule has 5 heteroatoms. The van der Waals surface area contributed by atoms with E-state index < -0.39 is 5.91 Å². The number of hydrogen-bond acceptors (Lipinski definition) is 3. The molecule has 0 spiro atoms. The maximum absolute atomic E-state index is 12.9. The van der Waals surface area contributed by atoms with Gasteiger partial charge in [0.2, 0.25) is 0 Å². The molecule has 0 aliphatic rings. The Morgan fingerprint density at radius 1 is 0.969 bits per heavy atom. The van der Waals surface area contributed by atoms with Gasteiger partial charge in [0.1, 0.15) is 11.6 Å². The minimum atomic E-state index is -0.421. The average Bonchev–Trinajstić information content (AvgIpc) is 3.28. The molecule has 4 rings (SSSR count). The van der Waals surface area contributed by atoms with Gasteiger partial charge in [0.05, 0.1) is 17.4 Å². The largest absolute Gasteiger partial charge is 0.345 e. The summed E-state index contributed by atoms with van der Waals surface area (Å²) in [6, 6.07) is 30.9. The topological polar surface area (TPSA) is 70.7 Å². The van der Waals surface area contributed by atoms with Crippen molar-refractivity contribution in [2.24, 2.45) is 0 Å². The number of hydrogen-bond donors (Lipinski definition) is 1. The molecule has 1 amide bonds. The van der Waals surface area contributed by atoms with Crippen LogP contribution < -0.4 is 5.32 Å². The Bertz CT molecular complexity index is 1270. The van der Waals surface area contributed by atoms with Gasteiger partial charge in [0, 0.05) is 17.3 Å². The summed E-state index contributed by atoms with van der Waals surface area (Å²) in [5.41, 5.74) is 4.19. The van der Waals surface area contributed by atoms with Crippen molar-refractivity contribution in [3.63, 3.8) is 0 Å². The quantitative estimate of drug-likeness (QED) is 0.340. The van der Waals surface area contributed by atoms with Crippen LogP contribution in [-0.4, -0.2) is 15.7 Å². The van der Waals surface area contributed by atoms with Gasteiger partial charge in [0.25, 0.3) is 5.91 Å². The summed E-state index contributed by atoms with van der Waals surface area (Å²) < 4.78 is 1.76. The van der Waals surface area contributed by atoms with Crippen molar-refractivity contribution in [2.45, 2.75) is 13.0 Å². The Kier molecular flexibility index (Phi) is 6.24. The summed E-state index contributed by atoms with van der Waals surface area (Å²) in [5, 5.41) is 17.4. The van der Waals surface area contributed by atoms with Crippen LogP contribution in [0.1, 0.15) is 24.1 Å². The van der Waals surface area contributed by atoms with E-state index in [1.807, 2.05) is 110 Å². The average molecular weight is 419 g/mol. The predicted octanol–water partition coefficient (Wildman–Crippen LogP) is 5.32. The van der Waals surface area contributed by atoms with Crippen LogP contribution in [-0.2, 0) is 4.79 Å². The van der Waals surface area contributed by atoms with E-state index in [2.05, 4.69) is 5.32 Å². The highest BCUT2D eigenvalue weighted by molar-refractivity contribution is 6.02. The van der Waals surface area contributed by atoms with Gasteiger partial charge < -0.3 is 5.32 Å². The van der Waals surface area contributed by atoms with Crippen molar-refractivity contribution in [1.29, 1.82) is 5.26 Å². The number of para-hydroxylation sites is 1. The van der Waals surface area contributed by atoms with E-state index in [-0.39, 0.29) is 11.6 Å². The summed E-state index contributed by atoms with van der Waals surface area (Å²) in [6.07, 6.45) is 3.44. The van der Waals surface area contributed by atoms with Crippen LogP contribution in [0, 0.1) is 11.3 Å². The molecule has 32 heavy (non-hydrogen) atoms. The second-order valence-electron chi connectivity index (χ2n) is 7.35. The molecule has 4 aromatic rings. The Balaban J connectivity index is 1.69. The highest BCUT2D eigenvalue weighted by atomic mass is 16.1. The van der Waals surface area contributed by atoms with Gasteiger partial charge >= 0.3 is 0 Å². The van der Waals surface area contributed by atoms with E-state index >= 15 is 0 Å². The minimum Gasteiger partial charge on any atom is -0.345 e. The Morgan fingerprint density at radius 3 is 2.19 bits per heavy atom. The van der Waals surface area contributed by atoms with E-state index in [9.17, 15) is 10.1 Å². The maximum Gasteiger partial charge on any atom is 0.262 e. The third-order valence-corrected chi connectivity index (χ3v) is 5.12. The number of carbonyl (C=O) groups excluding carboxylic acids is 1. The molecule has 1 atom stereocenters. The molecule has 0 radical (unpaired) electrons. The lowest BCUT2D eigenvalue weighted by Gasteiger charge is -2.13. The number of amides is 1. The first-order valence-corrected chi connectivity index (χ1v) is 10.3. The van der Waals surface area contributed by atoms with Crippen molar-refractivity contribution >= 4 is 12.0 Å². The molecule has 1 heterocycles. The van der Waals surface area contributed by atoms with Crippen LogP contribution in [0.25, 0.3) is 23.0 Å². The fourth-order valence-corrected chi connectivity index (χ4v) is 3.43. The third kappa shape index (κ3) is 4.66. The van der Waals surface area contributed by atoms with Crippen LogP contribution in [0.2, 0.25) is 0 Å². The van der Waals surface area contributed by atoms with Gasteiger partial charge in [0.15, 0.2) is 0 Å². The second kappa shape index (κ2) is 9.59. The van der Waals surface area contributed by atoms with Crippen LogP contribution in [0.5, 0.6) is 0 Å². The number of rotatable bonds is 6. The summed E-state index contributed by atoms with van der Waals surface area (Å²) >= 11 is 0. The zero-order valence-corrected chi connectivity index (χ0v) is 17.6. The maximum atomic E-state index is 12.9. The Labute approximate surface area is 187 Å². The number of carbonyl (C=O) groups is 1. The number of nitriles is 1. The standard InChI is InChI=1S/C27H22N4O/c1-20(21-11-5-2-6-12-21)29-27(32)23(18-28)17-24-19-31(25-15-9-4-10-16-25)30-26(24)22-13-7-3-8-14-22/h2-17,19-20H,1H3,(H,29,32). The first-order valence-electron chi connectivity index (χ1n) is 10.3. The molecule has 5 nitrogen and oxygen atoms in total. The summed E-state index contributed by atoms with van der Waals surface area (Å²) in [6.45, 7) is 1.89. The molecule has 1 unspecified atom stereocenters. The zero-order valence-electron chi connectivity index (χ0n) is 17.6. The number of nitrogens with one attached hydrogen (secondary N) is 1. The molecule has 0 saturated heterocycles. The molecule has 0 bridgehead atoms. The lowest BCUT2D eigenvalue weighted by Crippen LogP contribution is -2.27. The third-order valence-electron chi connectivity index (χ3n) is 5.12. The molecular weight excluding hydrogens is 396 g/mol. The van der Waals surface area contributed by atoms with Gasteiger partial charge in [-0.25, -0.2) is 4.68 Å².